The Kier molecular flexibility index (Phi) is 4.19. The lowest BCUT2D eigenvalue weighted by Gasteiger charge is -2.09. The summed E-state index contributed by atoms with van der Waals surface area (Å²) >= 11 is 0. The number of nitrogen functional groups attached to an aromatic ring is 1. The van der Waals surface area contributed by atoms with Crippen LogP contribution in [0.4, 0.5) is 5.69 Å². The van der Waals surface area contributed by atoms with Gasteiger partial charge in [-0.2, -0.15) is 0 Å². The maximum atomic E-state index is 12.2. The van der Waals surface area contributed by atoms with Crippen molar-refractivity contribution in [3.63, 3.8) is 0 Å². The van der Waals surface area contributed by atoms with Crippen LogP contribution >= 0.6 is 0 Å². The van der Waals surface area contributed by atoms with Crippen molar-refractivity contribution < 1.29 is 13.2 Å². The molecule has 0 saturated carbocycles. The number of carbonyl (C=O) groups excluding carboxylic acids is 1. The number of carbonyl (C=O) groups is 1. The van der Waals surface area contributed by atoms with Gasteiger partial charge in [-0.15, -0.1) is 0 Å². The van der Waals surface area contributed by atoms with Crippen molar-refractivity contribution in [3.8, 4) is 0 Å². The van der Waals surface area contributed by atoms with Crippen LogP contribution < -0.4 is 15.8 Å². The molecule has 0 saturated heterocycles. The third kappa shape index (κ3) is 3.53. The quantitative estimate of drug-likeness (QED) is 0.603. The van der Waals surface area contributed by atoms with E-state index in [-0.39, 0.29) is 23.4 Å². The Morgan fingerprint density at radius 1 is 1.38 bits per heavy atom. The number of sulfonamides is 1. The number of aromatic nitrogens is 1. The van der Waals surface area contributed by atoms with Crippen LogP contribution in [0.1, 0.15) is 13.8 Å². The summed E-state index contributed by atoms with van der Waals surface area (Å²) in [6.07, 6.45) is 1.38. The fourth-order valence-electron chi connectivity index (χ4n) is 1.95. The van der Waals surface area contributed by atoms with E-state index in [0.29, 0.717) is 16.6 Å². The molecular formula is C13H18N4O3S. The molecule has 1 aromatic carbocycles. The van der Waals surface area contributed by atoms with E-state index in [9.17, 15) is 13.2 Å². The van der Waals surface area contributed by atoms with Gasteiger partial charge in [0.05, 0.1) is 6.54 Å². The summed E-state index contributed by atoms with van der Waals surface area (Å²) in [6.45, 7) is 3.30. The third-order valence-corrected chi connectivity index (χ3v) is 4.27. The molecule has 0 atom stereocenters. The first-order valence-electron chi connectivity index (χ1n) is 6.45. The monoisotopic (exact) mass is 310 g/mol. The van der Waals surface area contributed by atoms with Gasteiger partial charge in [-0.25, -0.2) is 13.1 Å². The molecule has 21 heavy (non-hydrogen) atoms. The van der Waals surface area contributed by atoms with E-state index in [1.165, 1.54) is 6.20 Å². The van der Waals surface area contributed by atoms with E-state index in [1.807, 2.05) is 0 Å². The molecule has 114 valence electrons. The van der Waals surface area contributed by atoms with E-state index in [4.69, 9.17) is 5.73 Å². The predicted octanol–water partition coefficient (Wildman–Crippen LogP) is 0.553. The van der Waals surface area contributed by atoms with Gasteiger partial charge in [0.1, 0.15) is 4.90 Å². The maximum absolute atomic E-state index is 12.2. The predicted molar refractivity (Wildman–Crippen MR) is 81.2 cm³/mol. The summed E-state index contributed by atoms with van der Waals surface area (Å²) in [7, 11) is -3.77. The number of rotatable bonds is 5. The highest BCUT2D eigenvalue weighted by atomic mass is 32.2. The number of hydrogen-bond donors (Lipinski definition) is 4. The minimum atomic E-state index is -3.77. The number of H-pyrrole nitrogens is 1. The molecule has 7 nitrogen and oxygen atoms in total. The molecule has 0 spiro atoms. The normalized spacial score (nSPS) is 12.0. The van der Waals surface area contributed by atoms with Gasteiger partial charge in [0.15, 0.2) is 0 Å². The van der Waals surface area contributed by atoms with Gasteiger partial charge in [0, 0.05) is 28.8 Å². The molecule has 0 bridgehead atoms. The van der Waals surface area contributed by atoms with Crippen LogP contribution in [0.25, 0.3) is 10.9 Å². The highest BCUT2D eigenvalue weighted by molar-refractivity contribution is 7.89. The second kappa shape index (κ2) is 5.74. The molecule has 1 amide bonds. The fourth-order valence-corrected chi connectivity index (χ4v) is 3.11. The topological polar surface area (TPSA) is 117 Å². The number of amides is 1. The molecule has 0 aliphatic carbocycles. The Morgan fingerprint density at radius 2 is 2.10 bits per heavy atom. The average Bonchev–Trinajstić information content (AvgIpc) is 2.79. The van der Waals surface area contributed by atoms with Crippen LogP contribution in [0, 0.1) is 0 Å². The van der Waals surface area contributed by atoms with Crippen molar-refractivity contribution in [3.05, 3.63) is 24.4 Å². The Labute approximate surface area is 123 Å². The Balaban J connectivity index is 2.20. The van der Waals surface area contributed by atoms with Crippen LogP contribution in [0.15, 0.2) is 29.3 Å². The molecule has 1 heterocycles. The van der Waals surface area contributed by atoms with Gasteiger partial charge in [-0.3, -0.25) is 4.79 Å². The Hall–Kier alpha value is -2.06. The third-order valence-electron chi connectivity index (χ3n) is 2.83. The zero-order chi connectivity index (χ0) is 15.6. The van der Waals surface area contributed by atoms with Gasteiger partial charge >= 0.3 is 0 Å². The molecule has 2 aromatic rings. The van der Waals surface area contributed by atoms with E-state index in [0.717, 1.165) is 0 Å². The second-order valence-corrected chi connectivity index (χ2v) is 6.74. The summed E-state index contributed by atoms with van der Waals surface area (Å²) in [5.74, 6) is -0.377. The maximum Gasteiger partial charge on any atom is 0.243 e. The van der Waals surface area contributed by atoms with Gasteiger partial charge < -0.3 is 16.0 Å². The number of benzene rings is 1. The van der Waals surface area contributed by atoms with Crippen LogP contribution in [0.5, 0.6) is 0 Å². The number of nitrogens with two attached hydrogens (primary N) is 1. The van der Waals surface area contributed by atoms with Crippen molar-refractivity contribution in [2.45, 2.75) is 24.8 Å². The van der Waals surface area contributed by atoms with Crippen LogP contribution in [-0.4, -0.2) is 31.9 Å². The van der Waals surface area contributed by atoms with Crippen molar-refractivity contribution in [1.82, 2.24) is 15.0 Å². The minimum Gasteiger partial charge on any atom is -0.399 e. The van der Waals surface area contributed by atoms with Gasteiger partial charge in [-0.05, 0) is 32.0 Å². The van der Waals surface area contributed by atoms with E-state index in [2.05, 4.69) is 15.0 Å². The molecular weight excluding hydrogens is 292 g/mol. The number of anilines is 1. The SMILES string of the molecule is CC(C)NC(=O)CNS(=O)(=O)c1c[nH]c2cc(N)ccc12. The molecule has 0 unspecified atom stereocenters. The standard InChI is InChI=1S/C13H18N4O3S/c1-8(2)17-13(18)7-16-21(19,20)12-6-15-11-5-9(14)3-4-10(11)12/h3-6,8,15-16H,7,14H2,1-2H3,(H,17,18). The molecule has 0 fully saturated rings. The van der Waals surface area contributed by atoms with Crippen LogP contribution in [0.3, 0.4) is 0 Å². The minimum absolute atomic E-state index is 0.0435. The van der Waals surface area contributed by atoms with Crippen molar-refractivity contribution in [1.29, 1.82) is 0 Å². The van der Waals surface area contributed by atoms with Crippen molar-refractivity contribution >= 4 is 32.5 Å². The summed E-state index contributed by atoms with van der Waals surface area (Å²) in [5.41, 5.74) is 6.82. The molecule has 8 heteroatoms. The Bertz CT molecular complexity index is 765. The number of aromatic amines is 1. The summed E-state index contributed by atoms with van der Waals surface area (Å²) < 4.78 is 26.8. The fraction of sp³-hybridized carbons (Fsp3) is 0.308. The van der Waals surface area contributed by atoms with E-state index in [1.54, 1.807) is 32.0 Å². The van der Waals surface area contributed by atoms with Crippen molar-refractivity contribution in [2.75, 3.05) is 12.3 Å². The van der Waals surface area contributed by atoms with Gasteiger partial charge in [-0.1, -0.05) is 0 Å². The highest BCUT2D eigenvalue weighted by Crippen LogP contribution is 2.24. The lowest BCUT2D eigenvalue weighted by atomic mass is 10.2. The van der Waals surface area contributed by atoms with Crippen LogP contribution in [0.2, 0.25) is 0 Å². The van der Waals surface area contributed by atoms with E-state index < -0.39 is 10.0 Å². The zero-order valence-electron chi connectivity index (χ0n) is 11.8. The lowest BCUT2D eigenvalue weighted by Crippen LogP contribution is -2.39. The summed E-state index contributed by atoms with van der Waals surface area (Å²) in [6, 6.07) is 4.86. The largest absolute Gasteiger partial charge is 0.399 e. The summed E-state index contributed by atoms with van der Waals surface area (Å²) in [4.78, 5) is 14.5. The molecule has 0 aliphatic heterocycles. The smallest absolute Gasteiger partial charge is 0.243 e. The zero-order valence-corrected chi connectivity index (χ0v) is 12.6. The highest BCUT2D eigenvalue weighted by Gasteiger charge is 2.20. The molecule has 2 rings (SSSR count). The number of nitrogens with one attached hydrogen (secondary N) is 3. The summed E-state index contributed by atoms with van der Waals surface area (Å²) in [5, 5.41) is 3.14. The average molecular weight is 310 g/mol. The number of hydrogen-bond acceptors (Lipinski definition) is 4. The number of fused-ring (bicyclic) bond motifs is 1. The molecule has 0 aliphatic rings. The van der Waals surface area contributed by atoms with Gasteiger partial charge in [0.25, 0.3) is 0 Å². The first-order chi connectivity index (χ1) is 9.79. The first kappa shape index (κ1) is 15.3. The Morgan fingerprint density at radius 3 is 2.76 bits per heavy atom. The molecule has 5 N–H and O–H groups in total. The van der Waals surface area contributed by atoms with Crippen molar-refractivity contribution in [2.24, 2.45) is 0 Å². The molecule has 1 aromatic heterocycles. The van der Waals surface area contributed by atoms with Crippen LogP contribution in [-0.2, 0) is 14.8 Å². The molecule has 0 radical (unpaired) electrons. The lowest BCUT2D eigenvalue weighted by molar-refractivity contribution is -0.120. The first-order valence-corrected chi connectivity index (χ1v) is 7.93. The van der Waals surface area contributed by atoms with E-state index >= 15 is 0 Å². The second-order valence-electron chi connectivity index (χ2n) is 5.00. The van der Waals surface area contributed by atoms with Gasteiger partial charge in [0.2, 0.25) is 15.9 Å².